The highest BCUT2D eigenvalue weighted by atomic mass is 19.1. The van der Waals surface area contributed by atoms with Crippen molar-refractivity contribution in [1.29, 1.82) is 0 Å². The van der Waals surface area contributed by atoms with Crippen LogP contribution in [0.25, 0.3) is 0 Å². The Labute approximate surface area is 93.2 Å². The van der Waals surface area contributed by atoms with Crippen molar-refractivity contribution < 1.29 is 9.50 Å². The Bertz CT molecular complexity index is 550. The van der Waals surface area contributed by atoms with Gasteiger partial charge in [0.05, 0.1) is 5.56 Å². The van der Waals surface area contributed by atoms with Crippen LogP contribution in [0.1, 0.15) is 11.1 Å². The molecule has 0 fully saturated rings. The molecular formula is C14H9FO. The van der Waals surface area contributed by atoms with Crippen LogP contribution < -0.4 is 0 Å². The zero-order valence-electron chi connectivity index (χ0n) is 8.44. The fourth-order valence-corrected chi connectivity index (χ4v) is 1.28. The van der Waals surface area contributed by atoms with Crippen LogP contribution in [0.3, 0.4) is 0 Å². The minimum Gasteiger partial charge on any atom is -0.505 e. The van der Waals surface area contributed by atoms with Crippen molar-refractivity contribution >= 4 is 0 Å². The predicted molar refractivity (Wildman–Crippen MR) is 60.5 cm³/mol. The van der Waals surface area contributed by atoms with Crippen LogP contribution in [0.4, 0.5) is 4.39 Å². The van der Waals surface area contributed by atoms with Gasteiger partial charge in [-0.3, -0.25) is 0 Å². The summed E-state index contributed by atoms with van der Waals surface area (Å²) in [4.78, 5) is 0. The lowest BCUT2D eigenvalue weighted by Gasteiger charge is -1.96. The van der Waals surface area contributed by atoms with Crippen molar-refractivity contribution in [2.45, 2.75) is 0 Å². The molecule has 0 saturated heterocycles. The van der Waals surface area contributed by atoms with Gasteiger partial charge in [0.2, 0.25) is 0 Å². The van der Waals surface area contributed by atoms with Crippen molar-refractivity contribution in [1.82, 2.24) is 0 Å². The first-order valence-corrected chi connectivity index (χ1v) is 4.82. The minimum atomic E-state index is -0.675. The standard InChI is InChI=1S/C14H9FO/c15-14-12(7-4-8-13(14)16)10-9-11-5-2-1-3-6-11/h1-8,16H. The topological polar surface area (TPSA) is 20.2 Å². The third kappa shape index (κ3) is 2.21. The van der Waals surface area contributed by atoms with E-state index in [-0.39, 0.29) is 11.3 Å². The molecule has 0 amide bonds. The predicted octanol–water partition coefficient (Wildman–Crippen LogP) is 2.93. The van der Waals surface area contributed by atoms with E-state index >= 15 is 0 Å². The zero-order chi connectivity index (χ0) is 11.4. The number of aromatic hydroxyl groups is 1. The summed E-state index contributed by atoms with van der Waals surface area (Å²) in [5, 5.41) is 9.15. The fraction of sp³-hybridized carbons (Fsp3) is 0. The second-order valence-electron chi connectivity index (χ2n) is 3.25. The van der Waals surface area contributed by atoms with Crippen LogP contribution in [0, 0.1) is 17.7 Å². The number of rotatable bonds is 0. The van der Waals surface area contributed by atoms with E-state index in [0.29, 0.717) is 0 Å². The van der Waals surface area contributed by atoms with Crippen molar-refractivity contribution in [3.63, 3.8) is 0 Å². The highest BCUT2D eigenvalue weighted by Gasteiger charge is 2.03. The number of phenols is 1. The molecule has 2 heteroatoms. The smallest absolute Gasteiger partial charge is 0.180 e. The van der Waals surface area contributed by atoms with Gasteiger partial charge in [-0.15, -0.1) is 0 Å². The molecule has 2 rings (SSSR count). The monoisotopic (exact) mass is 212 g/mol. The molecule has 0 atom stereocenters. The molecule has 0 aliphatic carbocycles. The third-order valence-corrected chi connectivity index (χ3v) is 2.09. The maximum Gasteiger partial charge on any atom is 0.180 e. The second kappa shape index (κ2) is 4.50. The van der Waals surface area contributed by atoms with Gasteiger partial charge < -0.3 is 5.11 Å². The van der Waals surface area contributed by atoms with Gasteiger partial charge in [0.15, 0.2) is 11.6 Å². The first-order valence-electron chi connectivity index (χ1n) is 4.82. The number of halogens is 1. The summed E-state index contributed by atoms with van der Waals surface area (Å²) >= 11 is 0. The van der Waals surface area contributed by atoms with Gasteiger partial charge in [-0.05, 0) is 24.3 Å². The molecular weight excluding hydrogens is 203 g/mol. The van der Waals surface area contributed by atoms with E-state index in [0.717, 1.165) is 5.56 Å². The van der Waals surface area contributed by atoms with Gasteiger partial charge in [-0.25, -0.2) is 4.39 Å². The lowest BCUT2D eigenvalue weighted by atomic mass is 10.1. The van der Waals surface area contributed by atoms with Gasteiger partial charge in [0.25, 0.3) is 0 Å². The highest BCUT2D eigenvalue weighted by molar-refractivity contribution is 5.45. The summed E-state index contributed by atoms with van der Waals surface area (Å²) in [5.74, 6) is 4.46. The molecule has 78 valence electrons. The average molecular weight is 212 g/mol. The van der Waals surface area contributed by atoms with Crippen LogP contribution in [0.2, 0.25) is 0 Å². The minimum absolute atomic E-state index is 0.198. The molecule has 0 unspecified atom stereocenters. The summed E-state index contributed by atoms with van der Waals surface area (Å²) in [6.07, 6.45) is 0. The van der Waals surface area contributed by atoms with Gasteiger partial charge in [0, 0.05) is 5.56 Å². The largest absolute Gasteiger partial charge is 0.505 e. The van der Waals surface area contributed by atoms with Crippen molar-refractivity contribution in [2.75, 3.05) is 0 Å². The molecule has 1 nitrogen and oxygen atoms in total. The third-order valence-electron chi connectivity index (χ3n) is 2.09. The summed E-state index contributed by atoms with van der Waals surface area (Å²) in [5.41, 5.74) is 1.01. The van der Waals surface area contributed by atoms with E-state index in [4.69, 9.17) is 5.11 Å². The molecule has 0 saturated carbocycles. The van der Waals surface area contributed by atoms with E-state index in [1.165, 1.54) is 12.1 Å². The van der Waals surface area contributed by atoms with Crippen molar-refractivity contribution in [3.05, 3.63) is 65.5 Å². The molecule has 0 aliphatic heterocycles. The fourth-order valence-electron chi connectivity index (χ4n) is 1.28. The first-order chi connectivity index (χ1) is 7.77. The Morgan fingerprint density at radius 3 is 2.38 bits per heavy atom. The normalized spacial score (nSPS) is 9.31. The molecule has 0 aliphatic rings. The molecule has 0 aromatic heterocycles. The van der Waals surface area contributed by atoms with Crippen LogP contribution in [0.15, 0.2) is 48.5 Å². The SMILES string of the molecule is Oc1cccc(C#Cc2ccccc2)c1F. The quantitative estimate of drug-likeness (QED) is 0.666. The summed E-state index contributed by atoms with van der Waals surface area (Å²) in [6.45, 7) is 0. The van der Waals surface area contributed by atoms with Crippen molar-refractivity contribution in [2.24, 2.45) is 0 Å². The Morgan fingerprint density at radius 2 is 1.62 bits per heavy atom. The van der Waals surface area contributed by atoms with E-state index < -0.39 is 5.82 Å². The Hall–Kier alpha value is -2.27. The number of hydrogen-bond donors (Lipinski definition) is 1. The number of hydrogen-bond acceptors (Lipinski definition) is 1. The molecule has 0 radical (unpaired) electrons. The Kier molecular flexibility index (Phi) is 2.88. The molecule has 2 aromatic rings. The molecule has 1 N–H and O–H groups in total. The van der Waals surface area contributed by atoms with E-state index in [1.54, 1.807) is 6.07 Å². The van der Waals surface area contributed by atoms with Gasteiger partial charge in [-0.2, -0.15) is 0 Å². The average Bonchev–Trinajstić information content (AvgIpc) is 2.32. The summed E-state index contributed by atoms with van der Waals surface area (Å²) in [7, 11) is 0. The van der Waals surface area contributed by atoms with Gasteiger partial charge in [-0.1, -0.05) is 36.1 Å². The lowest BCUT2D eigenvalue weighted by Crippen LogP contribution is -1.83. The molecule has 16 heavy (non-hydrogen) atoms. The molecule has 0 spiro atoms. The summed E-state index contributed by atoms with van der Waals surface area (Å²) < 4.78 is 13.4. The van der Waals surface area contributed by atoms with E-state index in [1.807, 2.05) is 30.3 Å². The van der Waals surface area contributed by atoms with Crippen LogP contribution in [-0.2, 0) is 0 Å². The van der Waals surface area contributed by atoms with Crippen LogP contribution in [0.5, 0.6) is 5.75 Å². The lowest BCUT2D eigenvalue weighted by molar-refractivity contribution is 0.431. The number of phenolic OH excluding ortho intramolecular Hbond substituents is 1. The van der Waals surface area contributed by atoms with Gasteiger partial charge in [0.1, 0.15) is 0 Å². The molecule has 2 aromatic carbocycles. The van der Waals surface area contributed by atoms with Crippen molar-refractivity contribution in [3.8, 4) is 17.6 Å². The Morgan fingerprint density at radius 1 is 0.875 bits per heavy atom. The second-order valence-corrected chi connectivity index (χ2v) is 3.25. The van der Waals surface area contributed by atoms with E-state index in [2.05, 4.69) is 11.8 Å². The molecule has 0 heterocycles. The number of benzene rings is 2. The zero-order valence-corrected chi connectivity index (χ0v) is 8.44. The highest BCUT2D eigenvalue weighted by Crippen LogP contribution is 2.17. The first kappa shape index (κ1) is 10.3. The van der Waals surface area contributed by atoms with E-state index in [9.17, 15) is 4.39 Å². The molecule has 0 bridgehead atoms. The van der Waals surface area contributed by atoms with Crippen LogP contribution >= 0.6 is 0 Å². The maximum absolute atomic E-state index is 13.4. The summed E-state index contributed by atoms with van der Waals surface area (Å²) in [6, 6.07) is 13.7. The maximum atomic E-state index is 13.4. The van der Waals surface area contributed by atoms with Gasteiger partial charge >= 0.3 is 0 Å². The Balaban J connectivity index is 2.35. The van der Waals surface area contributed by atoms with Crippen LogP contribution in [-0.4, -0.2) is 5.11 Å².